The zero-order valence-electron chi connectivity index (χ0n) is 15.2. The molecule has 0 heterocycles. The van der Waals surface area contributed by atoms with Gasteiger partial charge < -0.3 is 15.8 Å². The Labute approximate surface area is 155 Å². The lowest BCUT2D eigenvalue weighted by Gasteiger charge is -2.43. The van der Waals surface area contributed by atoms with Crippen LogP contribution in [0, 0.1) is 17.8 Å². The topological polar surface area (TPSA) is 64.4 Å². The molecular weight excluding hydrogens is 324 g/mol. The van der Waals surface area contributed by atoms with Crippen molar-refractivity contribution in [2.24, 2.45) is 23.5 Å². The number of benzene rings is 2. The van der Waals surface area contributed by atoms with Crippen LogP contribution in [-0.4, -0.2) is 25.1 Å². The summed E-state index contributed by atoms with van der Waals surface area (Å²) >= 11 is 0. The van der Waals surface area contributed by atoms with Crippen molar-refractivity contribution in [2.75, 3.05) is 13.2 Å². The summed E-state index contributed by atoms with van der Waals surface area (Å²) in [7, 11) is 0. The molecule has 0 saturated heterocycles. The smallest absolute Gasteiger partial charge is 0.223 e. The third-order valence-corrected chi connectivity index (χ3v) is 6.19. The summed E-state index contributed by atoms with van der Waals surface area (Å²) in [6.45, 7) is 1.03. The van der Waals surface area contributed by atoms with Crippen molar-refractivity contribution in [3.8, 4) is 5.75 Å². The Hall–Kier alpha value is -2.07. The minimum absolute atomic E-state index is 0.127. The average molecular weight is 352 g/mol. The van der Waals surface area contributed by atoms with Gasteiger partial charge in [-0.2, -0.15) is 0 Å². The third-order valence-electron chi connectivity index (χ3n) is 6.19. The van der Waals surface area contributed by atoms with Crippen molar-refractivity contribution >= 4 is 16.7 Å². The summed E-state index contributed by atoms with van der Waals surface area (Å²) < 4.78 is 5.91. The van der Waals surface area contributed by atoms with Gasteiger partial charge in [0, 0.05) is 17.3 Å². The molecule has 26 heavy (non-hydrogen) atoms. The fourth-order valence-corrected chi connectivity index (χ4v) is 4.80. The van der Waals surface area contributed by atoms with E-state index in [0.29, 0.717) is 31.0 Å². The zero-order chi connectivity index (χ0) is 17.9. The predicted molar refractivity (Wildman–Crippen MR) is 104 cm³/mol. The van der Waals surface area contributed by atoms with E-state index in [1.807, 2.05) is 24.3 Å². The molecular formula is C22H28N2O2. The maximum Gasteiger partial charge on any atom is 0.223 e. The monoisotopic (exact) mass is 352 g/mol. The highest BCUT2D eigenvalue weighted by Gasteiger charge is 2.40. The number of nitrogens with two attached hydrogens (primary N) is 1. The van der Waals surface area contributed by atoms with Crippen LogP contribution in [-0.2, 0) is 4.79 Å². The van der Waals surface area contributed by atoms with Gasteiger partial charge in [-0.1, -0.05) is 42.8 Å². The van der Waals surface area contributed by atoms with Crippen LogP contribution in [0.3, 0.4) is 0 Å². The molecule has 4 rings (SSSR count). The summed E-state index contributed by atoms with van der Waals surface area (Å²) in [5.41, 5.74) is 6.33. The number of hydrogen-bond donors (Lipinski definition) is 2. The van der Waals surface area contributed by atoms with Gasteiger partial charge >= 0.3 is 0 Å². The van der Waals surface area contributed by atoms with Gasteiger partial charge in [0.2, 0.25) is 5.91 Å². The van der Waals surface area contributed by atoms with E-state index >= 15 is 0 Å². The number of amides is 1. The van der Waals surface area contributed by atoms with Gasteiger partial charge in [-0.25, -0.2) is 0 Å². The Morgan fingerprint density at radius 1 is 1.08 bits per heavy atom. The molecule has 2 atom stereocenters. The number of nitrogens with one attached hydrogen (secondary N) is 1. The highest BCUT2D eigenvalue weighted by atomic mass is 16.5. The molecule has 2 saturated carbocycles. The normalized spacial score (nSPS) is 27.9. The summed E-state index contributed by atoms with van der Waals surface area (Å²) in [6.07, 6.45) is 5.55. The minimum Gasteiger partial charge on any atom is -0.491 e. The molecule has 1 amide bonds. The molecule has 2 fully saturated rings. The van der Waals surface area contributed by atoms with Crippen LogP contribution in [0.25, 0.3) is 10.8 Å². The number of rotatable bonds is 5. The Balaban J connectivity index is 1.28. The third kappa shape index (κ3) is 3.56. The average Bonchev–Trinajstić information content (AvgIpc) is 2.65. The number of hydrogen-bond acceptors (Lipinski definition) is 3. The summed E-state index contributed by atoms with van der Waals surface area (Å²) in [4.78, 5) is 12.6. The van der Waals surface area contributed by atoms with E-state index < -0.39 is 0 Å². The van der Waals surface area contributed by atoms with E-state index in [1.54, 1.807) is 0 Å². The quantitative estimate of drug-likeness (QED) is 0.810. The van der Waals surface area contributed by atoms with Crippen molar-refractivity contribution in [2.45, 2.75) is 38.1 Å². The van der Waals surface area contributed by atoms with E-state index in [4.69, 9.17) is 10.5 Å². The largest absolute Gasteiger partial charge is 0.491 e. The number of ether oxygens (including phenoxy) is 1. The van der Waals surface area contributed by atoms with Crippen molar-refractivity contribution in [3.05, 3.63) is 42.5 Å². The minimum atomic E-state index is 0.127. The number of carbonyl (C=O) groups excluding carboxylic acids is 1. The van der Waals surface area contributed by atoms with Crippen LogP contribution >= 0.6 is 0 Å². The second-order valence-corrected chi connectivity index (χ2v) is 7.81. The molecule has 2 aliphatic rings. The van der Waals surface area contributed by atoms with Gasteiger partial charge in [-0.15, -0.1) is 0 Å². The molecule has 0 spiro atoms. The summed E-state index contributed by atoms with van der Waals surface area (Å²) in [6, 6.07) is 14.5. The maximum absolute atomic E-state index is 12.6. The lowest BCUT2D eigenvalue weighted by atomic mass is 9.65. The molecule has 2 bridgehead atoms. The van der Waals surface area contributed by atoms with E-state index in [0.717, 1.165) is 24.0 Å². The summed E-state index contributed by atoms with van der Waals surface area (Å²) in [5, 5.41) is 5.34. The molecule has 0 aliphatic heterocycles. The summed E-state index contributed by atoms with van der Waals surface area (Å²) in [5.74, 6) is 2.24. The molecule has 2 aromatic carbocycles. The molecule has 2 unspecified atom stereocenters. The standard InChI is InChI=1S/C22H28N2O2/c23-21-16-7-3-8-17(21)14-18(13-16)22(25)24-11-12-26-20-10-4-6-15-5-1-2-9-19(15)20/h1-2,4-6,9-10,16-18,21H,3,7-8,11-14,23H2,(H,24,25). The lowest BCUT2D eigenvalue weighted by molar-refractivity contribution is -0.128. The van der Waals surface area contributed by atoms with Crippen molar-refractivity contribution in [3.63, 3.8) is 0 Å². The first-order valence-electron chi connectivity index (χ1n) is 9.86. The van der Waals surface area contributed by atoms with E-state index in [2.05, 4.69) is 23.5 Å². The fraction of sp³-hybridized carbons (Fsp3) is 0.500. The molecule has 0 aromatic heterocycles. The van der Waals surface area contributed by atoms with Gasteiger partial charge in [0.25, 0.3) is 0 Å². The van der Waals surface area contributed by atoms with E-state index in [-0.39, 0.29) is 11.8 Å². The molecule has 2 aromatic rings. The second kappa shape index (κ2) is 7.67. The van der Waals surface area contributed by atoms with Crippen LogP contribution in [0.15, 0.2) is 42.5 Å². The van der Waals surface area contributed by atoms with Crippen LogP contribution < -0.4 is 15.8 Å². The fourth-order valence-electron chi connectivity index (χ4n) is 4.80. The Morgan fingerprint density at radius 3 is 2.62 bits per heavy atom. The Bertz CT molecular complexity index is 756. The number of fused-ring (bicyclic) bond motifs is 3. The van der Waals surface area contributed by atoms with Gasteiger partial charge in [-0.3, -0.25) is 4.79 Å². The lowest BCUT2D eigenvalue weighted by Crippen LogP contribution is -2.49. The molecule has 4 nitrogen and oxygen atoms in total. The first kappa shape index (κ1) is 17.3. The highest BCUT2D eigenvalue weighted by Crippen LogP contribution is 2.41. The van der Waals surface area contributed by atoms with Gasteiger partial charge in [-0.05, 0) is 49.0 Å². The van der Waals surface area contributed by atoms with Gasteiger partial charge in [0.05, 0.1) is 6.54 Å². The number of carbonyl (C=O) groups is 1. The van der Waals surface area contributed by atoms with Gasteiger partial charge in [0.15, 0.2) is 0 Å². The first-order chi connectivity index (χ1) is 12.7. The molecule has 2 aliphatic carbocycles. The molecule has 3 N–H and O–H groups in total. The van der Waals surface area contributed by atoms with Crippen molar-refractivity contribution in [1.82, 2.24) is 5.32 Å². The van der Waals surface area contributed by atoms with E-state index in [9.17, 15) is 4.79 Å². The molecule has 0 radical (unpaired) electrons. The maximum atomic E-state index is 12.6. The predicted octanol–water partition coefficient (Wildman–Crippen LogP) is 3.49. The second-order valence-electron chi connectivity index (χ2n) is 7.81. The van der Waals surface area contributed by atoms with E-state index in [1.165, 1.54) is 24.6 Å². The molecule has 138 valence electrons. The Morgan fingerprint density at radius 2 is 1.81 bits per heavy atom. The Kier molecular flexibility index (Phi) is 5.11. The zero-order valence-corrected chi connectivity index (χ0v) is 15.2. The highest BCUT2D eigenvalue weighted by molar-refractivity contribution is 5.88. The van der Waals surface area contributed by atoms with Crippen LogP contribution in [0.4, 0.5) is 0 Å². The molecule has 4 heteroatoms. The van der Waals surface area contributed by atoms with Gasteiger partial charge in [0.1, 0.15) is 12.4 Å². The van der Waals surface area contributed by atoms with Crippen molar-refractivity contribution in [1.29, 1.82) is 0 Å². The first-order valence-corrected chi connectivity index (χ1v) is 9.86. The van der Waals surface area contributed by atoms with Crippen molar-refractivity contribution < 1.29 is 9.53 Å². The van der Waals surface area contributed by atoms with Crippen LogP contribution in [0.1, 0.15) is 32.1 Å². The van der Waals surface area contributed by atoms with Crippen LogP contribution in [0.2, 0.25) is 0 Å². The van der Waals surface area contributed by atoms with Crippen LogP contribution in [0.5, 0.6) is 5.75 Å². The SMILES string of the molecule is NC1C2CCCC1CC(C(=O)NCCOc1cccc3ccccc13)C2.